The van der Waals surface area contributed by atoms with Gasteiger partial charge < -0.3 is 18.6 Å². The average Bonchev–Trinajstić information content (AvgIpc) is 4.01. The Morgan fingerprint density at radius 1 is 0.561 bits per heavy atom. The zero-order valence-corrected chi connectivity index (χ0v) is 36.8. The summed E-state index contributed by atoms with van der Waals surface area (Å²) in [5, 5.41) is 8.15. The summed E-state index contributed by atoms with van der Waals surface area (Å²) in [5.74, 6) is -1.94. The fraction of sp³-hybridized carbons (Fsp3) is 0.282. The van der Waals surface area contributed by atoms with Crippen LogP contribution in [0.25, 0.3) is 33.9 Å². The molecule has 6 rings (SSSR count). The molecule has 4 heterocycles. The zero-order valence-electron chi connectivity index (χ0n) is 33.7. The first-order valence-electron chi connectivity index (χ1n) is 17.8. The van der Waals surface area contributed by atoms with E-state index in [1.165, 1.54) is 68.1 Å². The molecule has 0 atom stereocenters. The number of ether oxygens (including phenoxy) is 2. The first-order chi connectivity index (χ1) is 30.3. The number of hydrogen-bond donors (Lipinski definition) is 0. The van der Waals surface area contributed by atoms with Gasteiger partial charge in [-0.15, -0.1) is 0 Å². The van der Waals surface area contributed by atoms with Crippen LogP contribution >= 0.6 is 39.1 Å². The highest BCUT2D eigenvalue weighted by molar-refractivity contribution is 9.10. The molecule has 0 saturated carbocycles. The van der Waals surface area contributed by atoms with Crippen LogP contribution in [0, 0.1) is 6.92 Å². The van der Waals surface area contributed by atoms with Crippen molar-refractivity contribution in [2.45, 2.75) is 43.0 Å². The van der Waals surface area contributed by atoms with Gasteiger partial charge in [0.1, 0.15) is 11.6 Å². The molecule has 66 heavy (non-hydrogen) atoms. The molecule has 2 aromatic carbocycles. The molecule has 4 aromatic heterocycles. The number of carbonyl (C=O) groups excluding carboxylic acids is 2. The van der Waals surface area contributed by atoms with Crippen LogP contribution in [0.15, 0.2) is 77.8 Å². The number of esters is 2. The molecule has 6 aromatic rings. The topological polar surface area (TPSA) is 98.1 Å². The maximum absolute atomic E-state index is 14.6. The summed E-state index contributed by atoms with van der Waals surface area (Å²) < 4.78 is 200. The number of benzene rings is 2. The molecular formula is C39H27BrCl2F14N6O4. The third kappa shape index (κ3) is 8.99. The minimum Gasteiger partial charge on any atom is -0.465 e. The highest BCUT2D eigenvalue weighted by Crippen LogP contribution is 2.55. The Morgan fingerprint density at radius 2 is 0.909 bits per heavy atom. The first-order valence-corrected chi connectivity index (χ1v) is 19.3. The van der Waals surface area contributed by atoms with E-state index in [1.807, 2.05) is 0 Å². The van der Waals surface area contributed by atoms with Crippen LogP contribution in [0.1, 0.15) is 37.7 Å². The molecule has 0 aliphatic carbocycles. The number of carbonyl (C=O) groups is 2. The summed E-state index contributed by atoms with van der Waals surface area (Å²) in [4.78, 5) is 23.7. The van der Waals surface area contributed by atoms with Gasteiger partial charge in [-0.25, -0.2) is 27.7 Å². The summed E-state index contributed by atoms with van der Waals surface area (Å²) in [5.41, 5.74) is -13.0. The van der Waals surface area contributed by atoms with Gasteiger partial charge in [-0.2, -0.15) is 62.9 Å². The lowest BCUT2D eigenvalue weighted by atomic mass is 10.00. The molecule has 0 amide bonds. The molecule has 0 N–H and O–H groups in total. The van der Waals surface area contributed by atoms with Crippen molar-refractivity contribution in [1.82, 2.24) is 28.7 Å². The fourth-order valence-electron chi connectivity index (χ4n) is 6.58. The highest BCUT2D eigenvalue weighted by Gasteiger charge is 2.76. The van der Waals surface area contributed by atoms with Crippen LogP contribution < -0.4 is 0 Å². The molecule has 0 unspecified atom stereocenters. The Kier molecular flexibility index (Phi) is 14.0. The SMILES string of the molecule is COC(=O)c1cc(-c2cnn(-c3c(Br)cc(C(F)(C(F)(F)F)C(F)(F)F)n3C)c2)ccc1Cl.COC(=O)c1cc(-c2cnn(-c3c(C)cc(C(F)(C(F)(F)F)C(F)(F)F)n3C)c2)ccc1Cl. The Balaban J connectivity index is 0.000000247. The van der Waals surface area contributed by atoms with Crippen LogP contribution in [0.2, 0.25) is 10.0 Å². The van der Waals surface area contributed by atoms with E-state index in [0.717, 1.165) is 37.7 Å². The summed E-state index contributed by atoms with van der Waals surface area (Å²) in [6, 6.07) is 9.50. The van der Waals surface area contributed by atoms with Gasteiger partial charge in [0.2, 0.25) is 0 Å². The number of rotatable bonds is 8. The van der Waals surface area contributed by atoms with Crippen molar-refractivity contribution in [2.24, 2.45) is 14.1 Å². The summed E-state index contributed by atoms with van der Waals surface area (Å²) in [7, 11) is 4.04. The van der Waals surface area contributed by atoms with Gasteiger partial charge in [0.05, 0.1) is 63.6 Å². The Hall–Kier alpha value is -5.56. The smallest absolute Gasteiger partial charge is 0.437 e. The van der Waals surface area contributed by atoms with Gasteiger partial charge in [-0.05, 0) is 75.9 Å². The molecular weight excluding hydrogens is 1030 g/mol. The average molecular weight is 1060 g/mol. The minimum atomic E-state index is -6.27. The standard InChI is InChI=1S/C20H15ClF7N3O2.C19H12BrClF7N3O2/c1-10-6-15(18(22,19(23,24)25)20(26,27)28)30(2)16(10)31-9-12(8-29-31)11-4-5-14(21)13(7-11)17(32)33-3;1-30-14(17(22,18(23,24)25)19(26,27)28)6-12(20)15(30)31-8-10(7-29-31)9-3-4-13(21)11(5-9)16(32)33-2/h4-9H,1-3H3;3-8H,1-2H3. The molecule has 0 aliphatic rings. The van der Waals surface area contributed by atoms with Gasteiger partial charge in [-0.1, -0.05) is 35.3 Å². The molecule has 0 spiro atoms. The third-order valence-electron chi connectivity index (χ3n) is 9.82. The van der Waals surface area contributed by atoms with Gasteiger partial charge in [-0.3, -0.25) is 0 Å². The number of hydrogen-bond acceptors (Lipinski definition) is 6. The predicted molar refractivity (Wildman–Crippen MR) is 211 cm³/mol. The number of halogens is 17. The molecule has 0 saturated heterocycles. The van der Waals surface area contributed by atoms with E-state index in [4.69, 9.17) is 23.2 Å². The number of alkyl halides is 14. The summed E-state index contributed by atoms with van der Waals surface area (Å²) in [6.45, 7) is 1.23. The van der Waals surface area contributed by atoms with Gasteiger partial charge in [0, 0.05) is 37.6 Å². The van der Waals surface area contributed by atoms with Crippen LogP contribution in [-0.2, 0) is 34.9 Å². The Bertz CT molecular complexity index is 2590. The largest absolute Gasteiger partial charge is 0.465 e. The summed E-state index contributed by atoms with van der Waals surface area (Å²) >= 11 is 14.8. The van der Waals surface area contributed by atoms with Crippen molar-refractivity contribution in [3.63, 3.8) is 0 Å². The molecule has 0 fully saturated rings. The number of methoxy groups -OCH3 is 2. The van der Waals surface area contributed by atoms with Crippen LogP contribution in [0.5, 0.6) is 0 Å². The number of aryl methyl sites for hydroxylation is 1. The van der Waals surface area contributed by atoms with E-state index >= 15 is 0 Å². The number of nitrogens with zero attached hydrogens (tertiary/aromatic N) is 6. The van der Waals surface area contributed by atoms with Crippen LogP contribution in [-0.4, -0.2) is 79.6 Å². The minimum absolute atomic E-state index is 0.0318. The molecule has 0 aliphatic heterocycles. The molecule has 0 bridgehead atoms. The van der Waals surface area contributed by atoms with Gasteiger partial charge in [0.25, 0.3) is 0 Å². The van der Waals surface area contributed by atoms with Crippen molar-refractivity contribution in [3.05, 3.63) is 116 Å². The lowest BCUT2D eigenvalue weighted by Crippen LogP contribution is -2.51. The normalized spacial score (nSPS) is 12.8. The first kappa shape index (κ1) is 51.4. The van der Waals surface area contributed by atoms with E-state index < -0.39 is 59.4 Å². The number of aromatic nitrogens is 6. The van der Waals surface area contributed by atoms with E-state index in [1.54, 1.807) is 0 Å². The fourth-order valence-corrected chi connectivity index (χ4v) is 7.63. The highest BCUT2D eigenvalue weighted by atomic mass is 79.9. The zero-order chi connectivity index (χ0) is 49.9. The van der Waals surface area contributed by atoms with Crippen molar-refractivity contribution in [3.8, 4) is 33.9 Å². The molecule has 27 heteroatoms. The Labute approximate surface area is 380 Å². The predicted octanol–water partition coefficient (Wildman–Crippen LogP) is 12.3. The Morgan fingerprint density at radius 3 is 1.27 bits per heavy atom. The summed E-state index contributed by atoms with van der Waals surface area (Å²) in [6.07, 6.45) is -19.9. The third-order valence-corrected chi connectivity index (χ3v) is 11.1. The van der Waals surface area contributed by atoms with Gasteiger partial charge >= 0.3 is 48.0 Å². The van der Waals surface area contributed by atoms with Crippen molar-refractivity contribution in [2.75, 3.05) is 14.2 Å². The van der Waals surface area contributed by atoms with Crippen molar-refractivity contribution in [1.29, 1.82) is 0 Å². The maximum atomic E-state index is 14.6. The lowest BCUT2D eigenvalue weighted by molar-refractivity contribution is -0.351. The molecule has 10 nitrogen and oxygen atoms in total. The second kappa shape index (κ2) is 17.9. The second-order valence-corrected chi connectivity index (χ2v) is 15.6. The van der Waals surface area contributed by atoms with Crippen molar-refractivity contribution >= 4 is 51.1 Å². The quantitative estimate of drug-likeness (QED) is 0.111. The second-order valence-electron chi connectivity index (χ2n) is 13.9. The van der Waals surface area contributed by atoms with E-state index in [9.17, 15) is 71.1 Å². The van der Waals surface area contributed by atoms with E-state index in [-0.39, 0.29) is 42.8 Å². The molecule has 356 valence electrons. The maximum Gasteiger partial charge on any atom is 0.437 e. The van der Waals surface area contributed by atoms with Crippen LogP contribution in [0.4, 0.5) is 61.5 Å². The van der Waals surface area contributed by atoms with E-state index in [0.29, 0.717) is 43.5 Å². The van der Waals surface area contributed by atoms with Gasteiger partial charge in [0.15, 0.2) is 0 Å². The molecule has 0 radical (unpaired) electrons. The lowest BCUT2D eigenvalue weighted by Gasteiger charge is -2.30. The van der Waals surface area contributed by atoms with Crippen molar-refractivity contribution < 1.29 is 80.5 Å². The van der Waals surface area contributed by atoms with E-state index in [2.05, 4.69) is 35.6 Å². The monoisotopic (exact) mass is 1060 g/mol. The van der Waals surface area contributed by atoms with Crippen LogP contribution in [0.3, 0.4) is 0 Å².